The van der Waals surface area contributed by atoms with E-state index in [0.717, 1.165) is 45.3 Å². The Hall–Kier alpha value is -2.13. The predicted octanol–water partition coefficient (Wildman–Crippen LogP) is 3.40. The van der Waals surface area contributed by atoms with Gasteiger partial charge in [0.15, 0.2) is 0 Å². The van der Waals surface area contributed by atoms with Crippen LogP contribution in [0.3, 0.4) is 0 Å². The van der Waals surface area contributed by atoms with E-state index < -0.39 is 0 Å². The third-order valence-electron chi connectivity index (χ3n) is 5.85. The van der Waals surface area contributed by atoms with E-state index in [9.17, 15) is 4.79 Å². The fourth-order valence-corrected chi connectivity index (χ4v) is 4.49. The Morgan fingerprint density at radius 1 is 0.920 bits per heavy atom. The zero-order valence-electron chi connectivity index (χ0n) is 14.7. The summed E-state index contributed by atoms with van der Waals surface area (Å²) in [5, 5.41) is 3.41. The summed E-state index contributed by atoms with van der Waals surface area (Å²) < 4.78 is 0. The van der Waals surface area contributed by atoms with E-state index in [1.807, 2.05) is 6.07 Å². The number of nitrogens with zero attached hydrogens (tertiary/aromatic N) is 1. The Kier molecular flexibility index (Phi) is 4.58. The highest BCUT2D eigenvalue weighted by atomic mass is 16.2. The number of nitrogens with one attached hydrogen (secondary N) is 1. The van der Waals surface area contributed by atoms with Gasteiger partial charge in [-0.05, 0) is 49.9 Å². The molecule has 2 aliphatic heterocycles. The highest BCUT2D eigenvalue weighted by Gasteiger charge is 2.51. The molecule has 2 aliphatic rings. The van der Waals surface area contributed by atoms with Gasteiger partial charge in [0.05, 0.1) is 5.41 Å². The number of carbonyl (C=O) groups is 1. The second kappa shape index (κ2) is 7.01. The molecule has 1 spiro atoms. The molecule has 1 N–H and O–H groups in total. The molecule has 0 aromatic heterocycles. The molecule has 2 saturated heterocycles. The van der Waals surface area contributed by atoms with Gasteiger partial charge in [-0.2, -0.15) is 0 Å². The van der Waals surface area contributed by atoms with Crippen molar-refractivity contribution in [3.8, 4) is 0 Å². The number of carbonyl (C=O) groups excluding carboxylic acids is 1. The van der Waals surface area contributed by atoms with Gasteiger partial charge in [-0.25, -0.2) is 0 Å². The van der Waals surface area contributed by atoms with Crippen LogP contribution in [-0.4, -0.2) is 29.9 Å². The maximum absolute atomic E-state index is 13.4. The van der Waals surface area contributed by atoms with Crippen molar-refractivity contribution in [2.75, 3.05) is 13.1 Å². The summed E-state index contributed by atoms with van der Waals surface area (Å²) in [7, 11) is 0. The molecule has 1 amide bonds. The van der Waals surface area contributed by atoms with E-state index >= 15 is 0 Å². The summed E-state index contributed by atoms with van der Waals surface area (Å²) in [5.41, 5.74) is 2.41. The first kappa shape index (κ1) is 16.3. The lowest BCUT2D eigenvalue weighted by Crippen LogP contribution is -2.42. The van der Waals surface area contributed by atoms with Crippen molar-refractivity contribution in [3.05, 3.63) is 71.8 Å². The summed E-state index contributed by atoms with van der Waals surface area (Å²) in [5.74, 6) is 0.374. The summed E-state index contributed by atoms with van der Waals surface area (Å²) in [4.78, 5) is 15.5. The van der Waals surface area contributed by atoms with Crippen LogP contribution in [0, 0.1) is 5.41 Å². The van der Waals surface area contributed by atoms with E-state index in [0.29, 0.717) is 11.9 Å². The predicted molar refractivity (Wildman–Crippen MR) is 100 cm³/mol. The maximum atomic E-state index is 13.4. The zero-order chi connectivity index (χ0) is 17.1. The lowest BCUT2D eigenvalue weighted by atomic mass is 9.76. The van der Waals surface area contributed by atoms with Gasteiger partial charge in [0.25, 0.3) is 0 Å². The van der Waals surface area contributed by atoms with Gasteiger partial charge in [0, 0.05) is 12.6 Å². The molecule has 2 fully saturated rings. The molecule has 3 heteroatoms. The van der Waals surface area contributed by atoms with Crippen LogP contribution in [0.2, 0.25) is 0 Å². The molecule has 0 radical (unpaired) electrons. The fraction of sp³-hybridized carbons (Fsp3) is 0.409. The van der Waals surface area contributed by atoms with Crippen LogP contribution in [0.15, 0.2) is 60.7 Å². The van der Waals surface area contributed by atoms with Crippen molar-refractivity contribution in [1.29, 1.82) is 0 Å². The van der Waals surface area contributed by atoms with Crippen LogP contribution in [0.1, 0.15) is 30.4 Å². The topological polar surface area (TPSA) is 32.3 Å². The molecule has 130 valence electrons. The Labute approximate surface area is 150 Å². The van der Waals surface area contributed by atoms with Gasteiger partial charge in [0.2, 0.25) is 5.91 Å². The molecule has 0 aliphatic carbocycles. The maximum Gasteiger partial charge on any atom is 0.229 e. The molecule has 3 nitrogen and oxygen atoms in total. The van der Waals surface area contributed by atoms with Gasteiger partial charge < -0.3 is 10.2 Å². The molecule has 25 heavy (non-hydrogen) atoms. The molecule has 2 heterocycles. The summed E-state index contributed by atoms with van der Waals surface area (Å²) in [6, 6.07) is 21.3. The summed E-state index contributed by atoms with van der Waals surface area (Å²) >= 11 is 0. The molecule has 2 aromatic rings. The number of hydrogen-bond donors (Lipinski definition) is 1. The van der Waals surface area contributed by atoms with Crippen molar-refractivity contribution >= 4 is 5.91 Å². The summed E-state index contributed by atoms with van der Waals surface area (Å²) in [6.45, 7) is 2.65. The first-order valence-electron chi connectivity index (χ1n) is 9.36. The van der Waals surface area contributed by atoms with Crippen LogP contribution in [-0.2, 0) is 17.8 Å². The highest BCUT2D eigenvalue weighted by Crippen LogP contribution is 2.44. The zero-order valence-corrected chi connectivity index (χ0v) is 14.7. The van der Waals surface area contributed by atoms with Gasteiger partial charge in [-0.3, -0.25) is 4.79 Å². The Bertz CT molecular complexity index is 707. The third-order valence-corrected chi connectivity index (χ3v) is 5.85. The Balaban J connectivity index is 1.60. The quantitative estimate of drug-likeness (QED) is 0.929. The van der Waals surface area contributed by atoms with Crippen molar-refractivity contribution in [1.82, 2.24) is 10.2 Å². The van der Waals surface area contributed by atoms with Gasteiger partial charge >= 0.3 is 0 Å². The monoisotopic (exact) mass is 334 g/mol. The minimum Gasteiger partial charge on any atom is -0.335 e. The fourth-order valence-electron chi connectivity index (χ4n) is 4.49. The lowest BCUT2D eigenvalue weighted by Gasteiger charge is -2.32. The number of likely N-dealkylation sites (tertiary alicyclic amines) is 1. The van der Waals surface area contributed by atoms with Crippen molar-refractivity contribution < 1.29 is 4.79 Å². The van der Waals surface area contributed by atoms with Crippen LogP contribution >= 0.6 is 0 Å². The second-order valence-electron chi connectivity index (χ2n) is 7.50. The van der Waals surface area contributed by atoms with Crippen molar-refractivity contribution in [2.45, 2.75) is 38.3 Å². The normalized spacial score (nSPS) is 22.5. The average molecular weight is 334 g/mol. The number of rotatable bonds is 4. The van der Waals surface area contributed by atoms with E-state index in [1.54, 1.807) is 0 Å². The minimum absolute atomic E-state index is 0.139. The molecular formula is C22H26N2O. The number of amides is 1. The molecular weight excluding hydrogens is 308 g/mol. The number of piperidine rings is 1. The SMILES string of the molecule is O=C1N(Cc2ccccc2)C(Cc2ccccc2)CC12CCNCC2. The molecule has 0 bridgehead atoms. The molecule has 1 atom stereocenters. The Morgan fingerprint density at radius 3 is 2.16 bits per heavy atom. The standard InChI is InChI=1S/C22H26N2O/c25-21-22(11-13-23-14-12-22)16-20(15-18-7-3-1-4-8-18)24(21)17-19-9-5-2-6-10-19/h1-10,20,23H,11-17H2. The number of hydrogen-bond acceptors (Lipinski definition) is 2. The van der Waals surface area contributed by atoms with E-state index in [1.165, 1.54) is 11.1 Å². The number of benzene rings is 2. The van der Waals surface area contributed by atoms with Gasteiger partial charge in [-0.15, -0.1) is 0 Å². The van der Waals surface area contributed by atoms with Gasteiger partial charge in [-0.1, -0.05) is 60.7 Å². The first-order chi connectivity index (χ1) is 12.3. The second-order valence-corrected chi connectivity index (χ2v) is 7.50. The van der Waals surface area contributed by atoms with E-state index in [-0.39, 0.29) is 5.41 Å². The molecule has 4 rings (SSSR count). The smallest absolute Gasteiger partial charge is 0.229 e. The van der Waals surface area contributed by atoms with E-state index in [4.69, 9.17) is 0 Å². The van der Waals surface area contributed by atoms with E-state index in [2.05, 4.69) is 64.8 Å². The van der Waals surface area contributed by atoms with Crippen LogP contribution in [0.4, 0.5) is 0 Å². The van der Waals surface area contributed by atoms with Gasteiger partial charge in [0.1, 0.15) is 0 Å². The molecule has 1 unspecified atom stereocenters. The lowest BCUT2D eigenvalue weighted by molar-refractivity contribution is -0.138. The summed E-state index contributed by atoms with van der Waals surface area (Å²) in [6.07, 6.45) is 3.90. The molecule has 0 saturated carbocycles. The highest BCUT2D eigenvalue weighted by molar-refractivity contribution is 5.85. The van der Waals surface area contributed by atoms with Crippen LogP contribution < -0.4 is 5.32 Å². The minimum atomic E-state index is -0.139. The van der Waals surface area contributed by atoms with Crippen molar-refractivity contribution in [2.24, 2.45) is 5.41 Å². The molecule has 2 aromatic carbocycles. The third kappa shape index (κ3) is 3.34. The van der Waals surface area contributed by atoms with Crippen molar-refractivity contribution in [3.63, 3.8) is 0 Å². The average Bonchev–Trinajstić information content (AvgIpc) is 2.89. The largest absolute Gasteiger partial charge is 0.335 e. The first-order valence-corrected chi connectivity index (χ1v) is 9.36. The van der Waals surface area contributed by atoms with Crippen LogP contribution in [0.25, 0.3) is 0 Å². The van der Waals surface area contributed by atoms with Crippen LogP contribution in [0.5, 0.6) is 0 Å². The Morgan fingerprint density at radius 2 is 1.52 bits per heavy atom.